The Labute approximate surface area is 155 Å². The third-order valence-corrected chi connectivity index (χ3v) is 7.89. The van der Waals surface area contributed by atoms with Crippen LogP contribution >= 0.6 is 0 Å². The van der Waals surface area contributed by atoms with Crippen LogP contribution in [0.15, 0.2) is 30.5 Å². The number of aromatic nitrogens is 1. The normalized spacial score (nSPS) is 15.8. The first-order chi connectivity index (χ1) is 11.8. The molecule has 1 saturated carbocycles. The Balaban J connectivity index is 2.08. The van der Waals surface area contributed by atoms with E-state index in [1.807, 2.05) is 0 Å². The Morgan fingerprint density at radius 2 is 1.72 bits per heavy atom. The molecule has 0 bridgehead atoms. The van der Waals surface area contributed by atoms with Gasteiger partial charge < -0.3 is 0 Å². The highest BCUT2D eigenvalue weighted by Crippen LogP contribution is 2.29. The molecule has 1 aromatic carbocycles. The zero-order chi connectivity index (χ0) is 18.2. The number of benzene rings is 1. The quantitative estimate of drug-likeness (QED) is 0.534. The summed E-state index contributed by atoms with van der Waals surface area (Å²) in [6.45, 7) is 11.9. The molecule has 1 nitrogen and oxygen atoms in total. The summed E-state index contributed by atoms with van der Waals surface area (Å²) >= 11 is 0. The molecular weight excluding hydrogens is 318 g/mol. The molecule has 1 fully saturated rings. The molecule has 1 aliphatic carbocycles. The van der Waals surface area contributed by atoms with Gasteiger partial charge in [-0.3, -0.25) is 0 Å². The maximum Gasteiger partial charge on any atom is 0.212 e. The zero-order valence-electron chi connectivity index (χ0n) is 16.9. The fourth-order valence-corrected chi connectivity index (χ4v) is 6.16. The Kier molecular flexibility index (Phi) is 5.20. The van der Waals surface area contributed by atoms with Crippen LogP contribution in [0.3, 0.4) is 0 Å². The average Bonchev–Trinajstić information content (AvgIpc) is 3.00. The molecule has 1 aromatic heterocycles. The minimum atomic E-state index is -1.38. The van der Waals surface area contributed by atoms with Crippen LogP contribution in [0, 0.1) is 19.8 Å². The van der Waals surface area contributed by atoms with Crippen LogP contribution in [0.5, 0.6) is 0 Å². The molecule has 3 rings (SSSR count). The summed E-state index contributed by atoms with van der Waals surface area (Å²) in [5.41, 5.74) is 7.07. The minimum absolute atomic E-state index is 0.905. The van der Waals surface area contributed by atoms with Crippen molar-refractivity contribution in [3.05, 3.63) is 47.2 Å². The lowest BCUT2D eigenvalue weighted by atomic mass is 9.97. The Morgan fingerprint density at radius 3 is 2.32 bits per heavy atom. The van der Waals surface area contributed by atoms with Crippen molar-refractivity contribution in [2.24, 2.45) is 13.0 Å². The summed E-state index contributed by atoms with van der Waals surface area (Å²) in [5.74, 6) is 0.905. The van der Waals surface area contributed by atoms with E-state index in [-0.39, 0.29) is 0 Å². The minimum Gasteiger partial charge on any atom is -0.201 e. The van der Waals surface area contributed by atoms with Crippen LogP contribution in [0.2, 0.25) is 19.6 Å². The Morgan fingerprint density at radius 1 is 1.04 bits per heavy atom. The number of pyridine rings is 1. The molecule has 134 valence electrons. The van der Waals surface area contributed by atoms with E-state index < -0.39 is 8.07 Å². The molecule has 0 unspecified atom stereocenters. The maximum absolute atomic E-state index is 2.52. The molecule has 0 atom stereocenters. The predicted molar refractivity (Wildman–Crippen MR) is 111 cm³/mol. The molecule has 25 heavy (non-hydrogen) atoms. The smallest absolute Gasteiger partial charge is 0.201 e. The summed E-state index contributed by atoms with van der Waals surface area (Å²) in [6.07, 6.45) is 9.43. The topological polar surface area (TPSA) is 3.88 Å². The lowest BCUT2D eigenvalue weighted by Crippen LogP contribution is -2.45. The lowest BCUT2D eigenvalue weighted by Gasteiger charge is -2.22. The van der Waals surface area contributed by atoms with E-state index >= 15 is 0 Å². The Bertz CT molecular complexity index is 764. The number of hydrogen-bond donors (Lipinski definition) is 0. The van der Waals surface area contributed by atoms with Gasteiger partial charge in [-0.1, -0.05) is 63.0 Å². The lowest BCUT2D eigenvalue weighted by molar-refractivity contribution is -0.660. The Hall–Kier alpha value is -1.41. The van der Waals surface area contributed by atoms with E-state index in [2.05, 4.69) is 75.6 Å². The van der Waals surface area contributed by atoms with Crippen molar-refractivity contribution in [1.29, 1.82) is 0 Å². The van der Waals surface area contributed by atoms with Gasteiger partial charge in [0, 0.05) is 17.2 Å². The second kappa shape index (κ2) is 7.07. The predicted octanol–water partition coefficient (Wildman–Crippen LogP) is 5.07. The first-order valence-corrected chi connectivity index (χ1v) is 13.4. The van der Waals surface area contributed by atoms with Gasteiger partial charge in [-0.2, -0.15) is 0 Å². The fraction of sp³-hybridized carbons (Fsp3) is 0.522. The van der Waals surface area contributed by atoms with Gasteiger partial charge in [-0.25, -0.2) is 4.57 Å². The van der Waals surface area contributed by atoms with Crippen molar-refractivity contribution in [3.63, 3.8) is 0 Å². The highest BCUT2D eigenvalue weighted by molar-refractivity contribution is 6.89. The van der Waals surface area contributed by atoms with Gasteiger partial charge >= 0.3 is 0 Å². The second-order valence-corrected chi connectivity index (χ2v) is 14.2. The van der Waals surface area contributed by atoms with E-state index in [9.17, 15) is 0 Å². The van der Waals surface area contributed by atoms with E-state index in [0.29, 0.717) is 0 Å². The first-order valence-electron chi connectivity index (χ1n) is 9.86. The van der Waals surface area contributed by atoms with Gasteiger partial charge in [0.15, 0.2) is 6.20 Å². The van der Waals surface area contributed by atoms with Gasteiger partial charge in [0.2, 0.25) is 5.69 Å². The van der Waals surface area contributed by atoms with Gasteiger partial charge in [0.25, 0.3) is 0 Å². The van der Waals surface area contributed by atoms with Crippen LogP contribution in [0.4, 0.5) is 0 Å². The van der Waals surface area contributed by atoms with Crippen molar-refractivity contribution < 1.29 is 4.57 Å². The largest absolute Gasteiger partial charge is 0.212 e. The molecule has 2 heteroatoms. The number of hydrogen-bond acceptors (Lipinski definition) is 0. The van der Waals surface area contributed by atoms with Gasteiger partial charge in [-0.15, -0.1) is 0 Å². The van der Waals surface area contributed by atoms with Crippen molar-refractivity contribution in [2.45, 2.75) is 65.6 Å². The first kappa shape index (κ1) is 18.4. The number of nitrogens with zero attached hydrogens (tertiary/aromatic N) is 1. The third kappa shape index (κ3) is 4.06. The summed E-state index contributed by atoms with van der Waals surface area (Å²) in [4.78, 5) is 0. The van der Waals surface area contributed by atoms with Crippen molar-refractivity contribution in [3.8, 4) is 11.3 Å². The van der Waals surface area contributed by atoms with Gasteiger partial charge in [0.05, 0.1) is 8.07 Å². The molecule has 0 aliphatic heterocycles. The molecule has 0 N–H and O–H groups in total. The zero-order valence-corrected chi connectivity index (χ0v) is 17.9. The highest BCUT2D eigenvalue weighted by Gasteiger charge is 2.28. The van der Waals surface area contributed by atoms with E-state index in [0.717, 1.165) is 5.92 Å². The monoisotopic (exact) mass is 352 g/mol. The van der Waals surface area contributed by atoms with Crippen LogP contribution in [-0.4, -0.2) is 8.07 Å². The van der Waals surface area contributed by atoms with Crippen LogP contribution in [0.1, 0.15) is 42.4 Å². The number of aryl methyl sites for hydroxylation is 3. The number of rotatable bonds is 4. The molecule has 0 radical (unpaired) electrons. The molecule has 0 amide bonds. The summed E-state index contributed by atoms with van der Waals surface area (Å²) in [7, 11) is 0.844. The summed E-state index contributed by atoms with van der Waals surface area (Å²) in [5, 5.41) is 1.66. The van der Waals surface area contributed by atoms with Gasteiger partial charge in [0.1, 0.15) is 7.05 Å². The highest BCUT2D eigenvalue weighted by atomic mass is 28.3. The third-order valence-electron chi connectivity index (χ3n) is 5.81. The average molecular weight is 353 g/mol. The molecule has 1 aliphatic rings. The van der Waals surface area contributed by atoms with E-state index in [1.54, 1.807) is 10.8 Å². The standard InChI is InChI=1S/C23H34NSi/c1-17-11-12-21(18(2)13-17)22-15-23(25(4,5)6)20(16-24(22)3)14-19-9-7-8-10-19/h11-13,15-16,19H,7-10,14H2,1-6H3/q+1. The second-order valence-electron chi connectivity index (χ2n) is 9.13. The van der Waals surface area contributed by atoms with Crippen molar-refractivity contribution >= 4 is 13.3 Å². The van der Waals surface area contributed by atoms with E-state index in [1.165, 1.54) is 54.5 Å². The molecule has 2 aromatic rings. The van der Waals surface area contributed by atoms with Crippen molar-refractivity contribution in [1.82, 2.24) is 0 Å². The summed E-state index contributed by atoms with van der Waals surface area (Å²) < 4.78 is 2.37. The molecule has 0 spiro atoms. The maximum atomic E-state index is 2.52. The van der Waals surface area contributed by atoms with Crippen LogP contribution in [0.25, 0.3) is 11.3 Å². The molecule has 0 saturated heterocycles. The molecule has 1 heterocycles. The molecular formula is C23H34NSi+. The van der Waals surface area contributed by atoms with E-state index in [4.69, 9.17) is 0 Å². The van der Waals surface area contributed by atoms with Crippen molar-refractivity contribution in [2.75, 3.05) is 0 Å². The fourth-order valence-electron chi connectivity index (χ4n) is 4.46. The summed E-state index contributed by atoms with van der Waals surface area (Å²) in [6, 6.07) is 9.36. The van der Waals surface area contributed by atoms with Gasteiger partial charge in [-0.05, 0) is 43.0 Å². The van der Waals surface area contributed by atoms with Crippen LogP contribution in [-0.2, 0) is 13.5 Å². The SMILES string of the molecule is Cc1ccc(-c2cc([Si](C)(C)C)c(CC3CCCC3)c[n+]2C)c(C)c1. The van der Waals surface area contributed by atoms with Crippen LogP contribution < -0.4 is 9.75 Å².